The summed E-state index contributed by atoms with van der Waals surface area (Å²) in [5.74, 6) is -1.31. The Kier molecular flexibility index (Phi) is 5.82. The molecule has 1 aromatic carbocycles. The van der Waals surface area contributed by atoms with Crippen LogP contribution in [0.2, 0.25) is 0 Å². The topological polar surface area (TPSA) is 55.8 Å². The Hall–Kier alpha value is -1.67. The lowest BCUT2D eigenvalue weighted by Gasteiger charge is -2.34. The second-order valence-corrected chi connectivity index (χ2v) is 6.70. The predicted molar refractivity (Wildman–Crippen MR) is 99.3 cm³/mol. The van der Waals surface area contributed by atoms with Crippen molar-refractivity contribution in [2.75, 3.05) is 27.3 Å². The Bertz CT molecular complexity index is 669. The van der Waals surface area contributed by atoms with Crippen molar-refractivity contribution in [2.24, 2.45) is 5.41 Å². The highest BCUT2D eigenvalue weighted by molar-refractivity contribution is 14.1. The number of hydrogen-bond acceptors (Lipinski definition) is 5. The summed E-state index contributed by atoms with van der Waals surface area (Å²) >= 11 is 2.20. The van der Waals surface area contributed by atoms with Crippen LogP contribution >= 0.6 is 22.6 Å². The van der Waals surface area contributed by atoms with Crippen LogP contribution in [-0.2, 0) is 19.1 Å². The zero-order valence-corrected chi connectivity index (χ0v) is 15.9. The van der Waals surface area contributed by atoms with Gasteiger partial charge in [-0.05, 0) is 39.8 Å². The number of halogens is 1. The van der Waals surface area contributed by atoms with E-state index in [1.807, 2.05) is 29.2 Å². The minimum absolute atomic E-state index is 0.381. The van der Waals surface area contributed by atoms with Gasteiger partial charge in [-0.3, -0.25) is 14.5 Å². The lowest BCUT2D eigenvalue weighted by Crippen LogP contribution is -2.47. The Balaban J connectivity index is 2.75. The van der Waals surface area contributed by atoms with Crippen molar-refractivity contribution in [3.63, 3.8) is 0 Å². The molecule has 1 aliphatic rings. The van der Waals surface area contributed by atoms with Crippen LogP contribution in [-0.4, -0.2) is 44.1 Å². The van der Waals surface area contributed by atoms with Gasteiger partial charge in [0.2, 0.25) is 5.41 Å². The number of esters is 2. The molecule has 1 heterocycles. The maximum absolute atomic E-state index is 12.8. The number of nitrogens with zero attached hydrogens (tertiary/aromatic N) is 1. The average molecular weight is 441 g/mol. The Morgan fingerprint density at radius 1 is 1.33 bits per heavy atom. The Morgan fingerprint density at radius 3 is 2.42 bits per heavy atom. The molecule has 1 saturated heterocycles. The van der Waals surface area contributed by atoms with Crippen LogP contribution in [0.15, 0.2) is 49.1 Å². The molecule has 0 spiro atoms. The van der Waals surface area contributed by atoms with Gasteiger partial charge in [-0.25, -0.2) is 0 Å². The zero-order valence-electron chi connectivity index (χ0n) is 13.8. The van der Waals surface area contributed by atoms with Gasteiger partial charge >= 0.3 is 11.9 Å². The number of hydrogen-bond donors (Lipinski definition) is 0. The first kappa shape index (κ1) is 18.7. The maximum atomic E-state index is 12.8. The minimum Gasteiger partial charge on any atom is -0.468 e. The van der Waals surface area contributed by atoms with Gasteiger partial charge in [0.05, 0.1) is 20.3 Å². The standard InChI is InChI=1S/C18H20INO4/c1-5-10-20-11-12(2)18(16(21)23-3,17(22)24-4)15(20)13-8-6-7-9-14(13)19/h5-9,15H,1-2,10-11H2,3-4H3/t15-/m1/s1. The molecule has 1 aliphatic heterocycles. The maximum Gasteiger partial charge on any atom is 0.329 e. The van der Waals surface area contributed by atoms with E-state index < -0.39 is 23.4 Å². The van der Waals surface area contributed by atoms with Crippen LogP contribution in [0.25, 0.3) is 0 Å². The SMILES string of the molecule is C=CCN1CC(=C)C(C(=O)OC)(C(=O)OC)[C@H]1c1ccccc1I. The largest absolute Gasteiger partial charge is 0.468 e. The van der Waals surface area contributed by atoms with E-state index in [-0.39, 0.29) is 0 Å². The number of rotatable bonds is 5. The first-order chi connectivity index (χ1) is 11.4. The number of likely N-dealkylation sites (tertiary alicyclic amines) is 1. The molecule has 128 valence electrons. The molecule has 0 saturated carbocycles. The van der Waals surface area contributed by atoms with Crippen molar-refractivity contribution < 1.29 is 19.1 Å². The smallest absolute Gasteiger partial charge is 0.329 e. The number of ether oxygens (including phenoxy) is 2. The van der Waals surface area contributed by atoms with E-state index in [4.69, 9.17) is 9.47 Å². The molecule has 2 rings (SSSR count). The van der Waals surface area contributed by atoms with Crippen LogP contribution < -0.4 is 0 Å². The van der Waals surface area contributed by atoms with Crippen LogP contribution in [0.3, 0.4) is 0 Å². The molecule has 6 heteroatoms. The zero-order chi connectivity index (χ0) is 17.9. The van der Waals surface area contributed by atoms with Gasteiger partial charge in [-0.2, -0.15) is 0 Å². The third-order valence-corrected chi connectivity index (χ3v) is 5.29. The quantitative estimate of drug-likeness (QED) is 0.305. The van der Waals surface area contributed by atoms with Gasteiger partial charge in [0.1, 0.15) is 0 Å². The summed E-state index contributed by atoms with van der Waals surface area (Å²) in [6.07, 6.45) is 1.74. The van der Waals surface area contributed by atoms with E-state index in [0.717, 1.165) is 9.13 Å². The van der Waals surface area contributed by atoms with Crippen LogP contribution in [0.5, 0.6) is 0 Å². The highest BCUT2D eigenvalue weighted by Gasteiger charge is 2.63. The number of methoxy groups -OCH3 is 2. The second-order valence-electron chi connectivity index (χ2n) is 5.54. The molecule has 0 bridgehead atoms. The van der Waals surface area contributed by atoms with E-state index in [1.165, 1.54) is 14.2 Å². The number of benzene rings is 1. The molecule has 24 heavy (non-hydrogen) atoms. The summed E-state index contributed by atoms with van der Waals surface area (Å²) in [6.45, 7) is 8.66. The fourth-order valence-electron chi connectivity index (χ4n) is 3.31. The fraction of sp³-hybridized carbons (Fsp3) is 0.333. The highest BCUT2D eigenvalue weighted by Crippen LogP contribution is 2.52. The van der Waals surface area contributed by atoms with Crippen molar-refractivity contribution in [2.45, 2.75) is 6.04 Å². The lowest BCUT2D eigenvalue weighted by atomic mass is 9.74. The first-order valence-corrected chi connectivity index (χ1v) is 8.47. The monoisotopic (exact) mass is 441 g/mol. The number of carbonyl (C=O) groups is 2. The molecule has 0 radical (unpaired) electrons. The van der Waals surface area contributed by atoms with E-state index in [2.05, 4.69) is 35.7 Å². The third kappa shape index (κ3) is 2.77. The van der Waals surface area contributed by atoms with E-state index >= 15 is 0 Å². The molecule has 5 nitrogen and oxygen atoms in total. The molecule has 1 fully saturated rings. The summed E-state index contributed by atoms with van der Waals surface area (Å²) in [7, 11) is 2.53. The average Bonchev–Trinajstić information content (AvgIpc) is 2.87. The Morgan fingerprint density at radius 2 is 1.92 bits per heavy atom. The lowest BCUT2D eigenvalue weighted by molar-refractivity contribution is -0.168. The second kappa shape index (κ2) is 7.48. The van der Waals surface area contributed by atoms with Gasteiger partial charge in [0, 0.05) is 16.7 Å². The molecule has 0 unspecified atom stereocenters. The van der Waals surface area contributed by atoms with Crippen molar-refractivity contribution in [3.05, 3.63) is 58.2 Å². The van der Waals surface area contributed by atoms with Crippen molar-refractivity contribution in [1.82, 2.24) is 4.90 Å². The summed E-state index contributed by atoms with van der Waals surface area (Å²) in [5.41, 5.74) is -0.268. The van der Waals surface area contributed by atoms with E-state index in [1.54, 1.807) is 6.08 Å². The van der Waals surface area contributed by atoms with E-state index in [0.29, 0.717) is 18.7 Å². The number of carbonyl (C=O) groups excluding carboxylic acids is 2. The highest BCUT2D eigenvalue weighted by atomic mass is 127. The van der Waals surface area contributed by atoms with E-state index in [9.17, 15) is 9.59 Å². The third-order valence-electron chi connectivity index (χ3n) is 4.31. The van der Waals surface area contributed by atoms with Gasteiger partial charge < -0.3 is 9.47 Å². The normalized spacial score (nSPS) is 19.8. The van der Waals surface area contributed by atoms with Gasteiger partial charge in [0.15, 0.2) is 0 Å². The van der Waals surface area contributed by atoms with Crippen LogP contribution in [0, 0.1) is 8.99 Å². The molecule has 1 atom stereocenters. The molecule has 0 N–H and O–H groups in total. The molecule has 0 aromatic heterocycles. The van der Waals surface area contributed by atoms with Crippen LogP contribution in [0.1, 0.15) is 11.6 Å². The minimum atomic E-state index is -1.59. The van der Waals surface area contributed by atoms with Gasteiger partial charge in [-0.15, -0.1) is 6.58 Å². The Labute approximate surface area is 155 Å². The molecule has 0 amide bonds. The molecular formula is C18H20INO4. The molecular weight excluding hydrogens is 421 g/mol. The van der Waals surface area contributed by atoms with Crippen molar-refractivity contribution >= 4 is 34.5 Å². The summed E-state index contributed by atoms with van der Waals surface area (Å²) < 4.78 is 10.9. The fourth-order valence-corrected chi connectivity index (χ4v) is 3.99. The summed E-state index contributed by atoms with van der Waals surface area (Å²) in [4.78, 5) is 27.5. The predicted octanol–water partition coefficient (Wildman–Crippen LogP) is 2.72. The summed E-state index contributed by atoms with van der Waals surface area (Å²) in [5, 5.41) is 0. The summed E-state index contributed by atoms with van der Waals surface area (Å²) in [6, 6.07) is 7.06. The van der Waals surface area contributed by atoms with Crippen molar-refractivity contribution in [1.29, 1.82) is 0 Å². The van der Waals surface area contributed by atoms with Gasteiger partial charge in [-0.1, -0.05) is 30.9 Å². The van der Waals surface area contributed by atoms with Crippen molar-refractivity contribution in [3.8, 4) is 0 Å². The molecule has 0 aliphatic carbocycles. The molecule has 1 aromatic rings. The van der Waals surface area contributed by atoms with Gasteiger partial charge in [0.25, 0.3) is 0 Å². The first-order valence-electron chi connectivity index (χ1n) is 7.39. The van der Waals surface area contributed by atoms with Crippen LogP contribution in [0.4, 0.5) is 0 Å².